The fourth-order valence-electron chi connectivity index (χ4n) is 5.12. The van der Waals surface area contributed by atoms with Gasteiger partial charge in [0.25, 0.3) is 5.56 Å². The van der Waals surface area contributed by atoms with Crippen LogP contribution in [0.25, 0.3) is 28.1 Å². The van der Waals surface area contributed by atoms with Crippen molar-refractivity contribution < 1.29 is 13.2 Å². The van der Waals surface area contributed by atoms with Crippen LogP contribution in [0, 0.1) is 0 Å². The van der Waals surface area contributed by atoms with Crippen LogP contribution in [0.4, 0.5) is 5.69 Å². The quantitative estimate of drug-likeness (QED) is 0.273. The molecule has 0 spiro atoms. The number of para-hydroxylation sites is 2. The van der Waals surface area contributed by atoms with E-state index in [2.05, 4.69) is 21.9 Å². The number of nitrogen functional groups attached to an aromatic ring is 1. The molecule has 0 saturated carbocycles. The van der Waals surface area contributed by atoms with Crippen LogP contribution in [-0.2, 0) is 16.4 Å². The summed E-state index contributed by atoms with van der Waals surface area (Å²) in [7, 11) is -3.77. The number of nitrogens with zero attached hydrogens (tertiary/aromatic N) is 5. The van der Waals surface area contributed by atoms with Crippen molar-refractivity contribution in [2.75, 3.05) is 45.1 Å². The van der Waals surface area contributed by atoms with Gasteiger partial charge in [-0.3, -0.25) is 4.79 Å². The van der Waals surface area contributed by atoms with Crippen molar-refractivity contribution in [3.63, 3.8) is 0 Å². The number of hydrogen-bond donors (Lipinski definition) is 2. The van der Waals surface area contributed by atoms with Crippen LogP contribution in [0.15, 0.2) is 52.2 Å². The molecule has 4 aromatic rings. The molecule has 218 valence electrons. The molecule has 3 heterocycles. The summed E-state index contributed by atoms with van der Waals surface area (Å²) >= 11 is 0. The summed E-state index contributed by atoms with van der Waals surface area (Å²) in [6, 6.07) is 12.1. The summed E-state index contributed by atoms with van der Waals surface area (Å²) < 4.78 is 36.5. The van der Waals surface area contributed by atoms with Gasteiger partial charge in [0.15, 0.2) is 5.52 Å². The number of anilines is 1. The lowest BCUT2D eigenvalue weighted by Gasteiger charge is -2.33. The van der Waals surface area contributed by atoms with Crippen LogP contribution in [0.5, 0.6) is 5.75 Å². The Morgan fingerprint density at radius 3 is 2.44 bits per heavy atom. The zero-order chi connectivity index (χ0) is 29.1. The van der Waals surface area contributed by atoms with Crippen molar-refractivity contribution >= 4 is 26.7 Å². The minimum Gasteiger partial charge on any atom is -0.493 e. The number of sulfonamides is 1. The molecule has 0 radical (unpaired) electrons. The van der Waals surface area contributed by atoms with Gasteiger partial charge in [-0.2, -0.15) is 9.40 Å². The van der Waals surface area contributed by atoms with E-state index < -0.39 is 15.6 Å². The smallest absolute Gasteiger partial charge is 0.279 e. The maximum absolute atomic E-state index is 13.7. The van der Waals surface area contributed by atoms with Crippen molar-refractivity contribution in [3.05, 3.63) is 58.5 Å². The molecule has 12 heteroatoms. The van der Waals surface area contributed by atoms with Crippen molar-refractivity contribution in [2.24, 2.45) is 0 Å². The van der Waals surface area contributed by atoms with E-state index in [9.17, 15) is 13.2 Å². The monoisotopic (exact) mass is 579 g/mol. The number of nitrogens with two attached hydrogens (primary N) is 1. The average Bonchev–Trinajstić information content (AvgIpc) is 3.35. The Hall–Kier alpha value is -3.74. The second-order valence-electron chi connectivity index (χ2n) is 10.1. The fourth-order valence-corrected chi connectivity index (χ4v) is 6.57. The van der Waals surface area contributed by atoms with Crippen molar-refractivity contribution in [3.8, 4) is 22.8 Å². The highest BCUT2D eigenvalue weighted by Crippen LogP contribution is 2.33. The number of likely N-dealkylation sites (N-methyl/N-ethyl adjacent to an activating group) is 1. The Morgan fingerprint density at radius 1 is 1.00 bits per heavy atom. The maximum Gasteiger partial charge on any atom is 0.279 e. The standard InChI is InChI=1S/C29H37N7O4S/c1-4-9-24-26-27(33-36(24)23-11-8-7-10-22(23)30)29(37)32-28(31-26)21-19-20(12-13-25(21)40-18-5-2)41(38,39)35-16-14-34(6-3)15-17-35/h7-8,10-13,19H,4-6,9,14-18,30H2,1-3H3,(H,31,32,37). The second kappa shape index (κ2) is 12.0. The lowest BCUT2D eigenvalue weighted by molar-refractivity contribution is 0.196. The number of H-pyrrole nitrogens is 1. The zero-order valence-corrected chi connectivity index (χ0v) is 24.6. The van der Waals surface area contributed by atoms with Crippen LogP contribution in [0.1, 0.15) is 39.3 Å². The number of aromatic amines is 1. The summed E-state index contributed by atoms with van der Waals surface area (Å²) in [4.78, 5) is 23.4. The van der Waals surface area contributed by atoms with E-state index >= 15 is 0 Å². The number of rotatable bonds is 10. The topological polar surface area (TPSA) is 139 Å². The van der Waals surface area contributed by atoms with Crippen LogP contribution < -0.4 is 16.0 Å². The van der Waals surface area contributed by atoms with Gasteiger partial charge >= 0.3 is 0 Å². The summed E-state index contributed by atoms with van der Waals surface area (Å²) in [5.74, 6) is 0.667. The second-order valence-corrected chi connectivity index (χ2v) is 12.1. The molecular formula is C29H37N7O4S. The Kier molecular flexibility index (Phi) is 8.43. The largest absolute Gasteiger partial charge is 0.493 e. The molecule has 1 fully saturated rings. The number of fused-ring (bicyclic) bond motifs is 1. The van der Waals surface area contributed by atoms with Gasteiger partial charge in [-0.05, 0) is 49.7 Å². The summed E-state index contributed by atoms with van der Waals surface area (Å²) in [6.07, 6.45) is 2.16. The first-order valence-electron chi connectivity index (χ1n) is 14.1. The molecule has 0 aliphatic carbocycles. The molecular weight excluding hydrogens is 542 g/mol. The number of benzene rings is 2. The molecule has 1 aliphatic rings. The third-order valence-corrected chi connectivity index (χ3v) is 9.25. The zero-order valence-electron chi connectivity index (χ0n) is 23.8. The highest BCUT2D eigenvalue weighted by Gasteiger charge is 2.29. The van der Waals surface area contributed by atoms with Crippen molar-refractivity contribution in [1.82, 2.24) is 29.0 Å². The van der Waals surface area contributed by atoms with Crippen LogP contribution in [0.2, 0.25) is 0 Å². The van der Waals surface area contributed by atoms with Crippen molar-refractivity contribution in [1.29, 1.82) is 0 Å². The van der Waals surface area contributed by atoms with Gasteiger partial charge < -0.3 is 20.4 Å². The Morgan fingerprint density at radius 2 is 1.76 bits per heavy atom. The predicted molar refractivity (Wildman–Crippen MR) is 160 cm³/mol. The van der Waals surface area contributed by atoms with Gasteiger partial charge in [-0.25, -0.2) is 18.1 Å². The van der Waals surface area contributed by atoms with E-state index in [0.29, 0.717) is 67.4 Å². The normalized spacial score (nSPS) is 15.0. The van der Waals surface area contributed by atoms with Gasteiger partial charge in [0.1, 0.15) is 17.1 Å². The van der Waals surface area contributed by atoms with Crippen molar-refractivity contribution in [2.45, 2.75) is 44.9 Å². The Bertz CT molecular complexity index is 1710. The van der Waals surface area contributed by atoms with E-state index in [1.54, 1.807) is 28.9 Å². The third kappa shape index (κ3) is 5.59. The highest BCUT2D eigenvalue weighted by molar-refractivity contribution is 7.89. The molecule has 0 amide bonds. The molecule has 0 bridgehead atoms. The van der Waals surface area contributed by atoms with Crippen LogP contribution in [0.3, 0.4) is 0 Å². The first kappa shape index (κ1) is 28.8. The maximum atomic E-state index is 13.7. The van der Waals surface area contributed by atoms with Gasteiger partial charge in [0.2, 0.25) is 10.0 Å². The molecule has 1 aliphatic heterocycles. The highest BCUT2D eigenvalue weighted by atomic mass is 32.2. The lowest BCUT2D eigenvalue weighted by atomic mass is 10.1. The minimum atomic E-state index is -3.77. The van der Waals surface area contributed by atoms with E-state index in [1.165, 1.54) is 4.31 Å². The van der Waals surface area contributed by atoms with Gasteiger partial charge in [0.05, 0.1) is 34.1 Å². The molecule has 0 unspecified atom stereocenters. The minimum absolute atomic E-state index is 0.130. The van der Waals surface area contributed by atoms with E-state index in [-0.39, 0.29) is 16.2 Å². The molecule has 0 atom stereocenters. The molecule has 5 rings (SSSR count). The first-order chi connectivity index (χ1) is 19.8. The molecule has 2 aromatic heterocycles. The first-order valence-corrected chi connectivity index (χ1v) is 15.6. The van der Waals surface area contributed by atoms with Crippen LogP contribution >= 0.6 is 0 Å². The SMILES string of the molecule is CCCOc1ccc(S(=O)(=O)N2CCN(CC)CC2)cc1-c1nc2c(CCC)n(-c3ccccc3N)nc2c(=O)[nH]1. The van der Waals surface area contributed by atoms with Gasteiger partial charge in [-0.1, -0.05) is 39.3 Å². The van der Waals surface area contributed by atoms with Crippen LogP contribution in [-0.4, -0.2) is 76.7 Å². The summed E-state index contributed by atoms with van der Waals surface area (Å²) in [5.41, 5.74) is 8.80. The van der Waals surface area contributed by atoms with E-state index in [0.717, 1.165) is 25.1 Å². The van der Waals surface area contributed by atoms with E-state index in [4.69, 9.17) is 15.5 Å². The fraction of sp³-hybridized carbons (Fsp3) is 0.414. The number of aryl methyl sites for hydroxylation is 1. The Labute approximate surface area is 240 Å². The third-order valence-electron chi connectivity index (χ3n) is 7.36. The molecule has 1 saturated heterocycles. The summed E-state index contributed by atoms with van der Waals surface area (Å²) in [5, 5.41) is 4.59. The molecule has 41 heavy (non-hydrogen) atoms. The Balaban J connectivity index is 1.65. The molecule has 11 nitrogen and oxygen atoms in total. The molecule has 3 N–H and O–H groups in total. The average molecular weight is 580 g/mol. The van der Waals surface area contributed by atoms with Gasteiger partial charge in [0, 0.05) is 26.2 Å². The van der Waals surface area contributed by atoms with E-state index in [1.807, 2.05) is 32.0 Å². The number of nitrogens with one attached hydrogen (secondary N) is 1. The predicted octanol–water partition coefficient (Wildman–Crippen LogP) is 3.43. The number of hydrogen-bond acceptors (Lipinski definition) is 8. The molecule has 2 aromatic carbocycles. The van der Waals surface area contributed by atoms with Gasteiger partial charge in [-0.15, -0.1) is 0 Å². The number of ether oxygens (including phenoxy) is 1. The number of aromatic nitrogens is 4. The number of piperazine rings is 1. The summed E-state index contributed by atoms with van der Waals surface area (Å²) in [6.45, 7) is 9.61. The lowest BCUT2D eigenvalue weighted by Crippen LogP contribution is -2.48.